The Labute approximate surface area is 224 Å². The molecule has 37 heavy (non-hydrogen) atoms. The van der Waals surface area contributed by atoms with E-state index in [1.54, 1.807) is 0 Å². The van der Waals surface area contributed by atoms with E-state index in [4.69, 9.17) is 14.7 Å². The quantitative estimate of drug-likeness (QED) is 0.179. The minimum atomic E-state index is -3.72. The van der Waals surface area contributed by atoms with Gasteiger partial charge in [-0.1, -0.05) is 39.5 Å². The minimum Gasteiger partial charge on any atom is -0.707 e. The van der Waals surface area contributed by atoms with Gasteiger partial charge in [0.2, 0.25) is 0 Å². The van der Waals surface area contributed by atoms with Crippen molar-refractivity contribution in [3.63, 3.8) is 0 Å². The average Bonchev–Trinajstić information content (AvgIpc) is 2.86. The first-order valence-corrected chi connectivity index (χ1v) is 13.8. The Morgan fingerprint density at radius 2 is 1.51 bits per heavy atom. The third kappa shape index (κ3) is 19.3. The van der Waals surface area contributed by atoms with Gasteiger partial charge in [-0.15, -0.1) is 0 Å². The van der Waals surface area contributed by atoms with E-state index in [1.165, 1.54) is 5.56 Å². The fraction of sp³-hybridized carbons (Fsp3) is 0.519. The molecule has 0 spiro atoms. The smallest absolute Gasteiger partial charge is 0.255 e. The third-order valence-electron chi connectivity index (χ3n) is 4.40. The molecule has 0 aliphatic rings. The van der Waals surface area contributed by atoms with Crippen LogP contribution in [0, 0.1) is 0 Å². The van der Waals surface area contributed by atoms with Gasteiger partial charge in [0.1, 0.15) is 7.05 Å². The normalized spacial score (nSPS) is 10.6. The lowest BCUT2D eigenvalue weighted by Crippen LogP contribution is -2.25. The van der Waals surface area contributed by atoms with Gasteiger partial charge in [0.05, 0.1) is 19.5 Å². The number of nitrogens with zero attached hydrogens (tertiary/aromatic N) is 2. The molecule has 0 atom stereocenters. The molecule has 0 saturated carbocycles. The molecular formula is C27H47N3O6S. The molecule has 1 N–H and O–H groups in total. The van der Waals surface area contributed by atoms with E-state index in [0.29, 0.717) is 19.5 Å². The van der Waals surface area contributed by atoms with Gasteiger partial charge in [-0.2, -0.15) is 0 Å². The van der Waals surface area contributed by atoms with Gasteiger partial charge in [-0.3, -0.25) is 0 Å². The summed E-state index contributed by atoms with van der Waals surface area (Å²) in [7, 11) is 4.40. The van der Waals surface area contributed by atoms with Crippen LogP contribution in [0.1, 0.15) is 45.2 Å². The van der Waals surface area contributed by atoms with Crippen LogP contribution in [-0.2, 0) is 21.5 Å². The molecule has 0 saturated heterocycles. The number of benzene rings is 1. The molecular weight excluding hydrogens is 494 g/mol. The molecule has 0 aliphatic heterocycles. The zero-order valence-electron chi connectivity index (χ0n) is 22.7. The number of aryl methyl sites for hydroxylation is 1. The SMILES string of the molecule is C.CC.CNCCCOc1cc(/C=C/c2cc[n+](C)cc2)ccc1OCCCN(C)C.CS(=O)(=O)O[O-]. The van der Waals surface area contributed by atoms with Crippen molar-refractivity contribution >= 4 is 22.3 Å². The second-order valence-corrected chi connectivity index (χ2v) is 9.46. The van der Waals surface area contributed by atoms with E-state index in [2.05, 4.69) is 65.1 Å². The van der Waals surface area contributed by atoms with Crippen LogP contribution < -0.4 is 24.6 Å². The fourth-order valence-corrected chi connectivity index (χ4v) is 2.67. The molecule has 0 aliphatic carbocycles. The van der Waals surface area contributed by atoms with Gasteiger partial charge in [-0.25, -0.2) is 13.0 Å². The highest BCUT2D eigenvalue weighted by Crippen LogP contribution is 2.29. The molecule has 0 fully saturated rings. The zero-order chi connectivity index (χ0) is 27.4. The van der Waals surface area contributed by atoms with E-state index in [1.807, 2.05) is 51.0 Å². The molecule has 1 heterocycles. The highest BCUT2D eigenvalue weighted by Gasteiger charge is 2.07. The Hall–Kier alpha value is -2.50. The topological polar surface area (TPSA) is 104 Å². The number of nitrogens with one attached hydrogen (secondary N) is 1. The first-order valence-electron chi connectivity index (χ1n) is 12.0. The van der Waals surface area contributed by atoms with Gasteiger partial charge in [0.15, 0.2) is 23.9 Å². The third-order valence-corrected chi connectivity index (χ3v) is 4.65. The van der Waals surface area contributed by atoms with Crippen molar-refractivity contribution in [2.75, 3.05) is 53.7 Å². The van der Waals surface area contributed by atoms with E-state index in [9.17, 15) is 8.42 Å². The number of hydrogen-bond acceptors (Lipinski definition) is 8. The summed E-state index contributed by atoms with van der Waals surface area (Å²) in [6, 6.07) is 10.3. The van der Waals surface area contributed by atoms with Crippen molar-refractivity contribution in [3.8, 4) is 11.5 Å². The van der Waals surface area contributed by atoms with Crippen LogP contribution in [0.25, 0.3) is 12.2 Å². The first kappa shape index (κ1) is 36.7. The lowest BCUT2D eigenvalue weighted by molar-refractivity contribution is -0.671. The largest absolute Gasteiger partial charge is 0.707 e. The maximum Gasteiger partial charge on any atom is 0.255 e. The Morgan fingerprint density at radius 3 is 2.05 bits per heavy atom. The molecule has 1 aromatic heterocycles. The molecule has 0 unspecified atom stereocenters. The lowest BCUT2D eigenvalue weighted by atomic mass is 10.1. The molecule has 0 radical (unpaired) electrons. The van der Waals surface area contributed by atoms with Crippen LogP contribution in [-0.4, -0.2) is 67.0 Å². The lowest BCUT2D eigenvalue weighted by Gasteiger charge is -2.15. The van der Waals surface area contributed by atoms with Gasteiger partial charge in [0.25, 0.3) is 10.1 Å². The van der Waals surface area contributed by atoms with E-state index in [0.717, 1.165) is 43.0 Å². The Morgan fingerprint density at radius 1 is 0.973 bits per heavy atom. The summed E-state index contributed by atoms with van der Waals surface area (Å²) in [5.74, 6) is 1.62. The number of ether oxygens (including phenoxy) is 2. The summed E-state index contributed by atoms with van der Waals surface area (Å²) in [5, 5.41) is 12.0. The summed E-state index contributed by atoms with van der Waals surface area (Å²) in [5.41, 5.74) is 2.26. The van der Waals surface area contributed by atoms with Crippen molar-refractivity contribution < 1.29 is 32.0 Å². The number of aromatic nitrogens is 1. The zero-order valence-corrected chi connectivity index (χ0v) is 23.5. The van der Waals surface area contributed by atoms with Crippen LogP contribution in [0.3, 0.4) is 0 Å². The maximum absolute atomic E-state index is 9.47. The van der Waals surface area contributed by atoms with Crippen LogP contribution in [0.5, 0.6) is 11.5 Å². The van der Waals surface area contributed by atoms with E-state index < -0.39 is 10.1 Å². The molecule has 1 aromatic carbocycles. The summed E-state index contributed by atoms with van der Waals surface area (Å²) in [4.78, 5) is 2.16. The monoisotopic (exact) mass is 541 g/mol. The van der Waals surface area contributed by atoms with Gasteiger partial charge in [-0.05, 0) is 63.8 Å². The molecule has 0 bridgehead atoms. The Balaban J connectivity index is 0. The van der Waals surface area contributed by atoms with E-state index >= 15 is 0 Å². The summed E-state index contributed by atoms with van der Waals surface area (Å²) < 4.78 is 35.6. The second-order valence-electron chi connectivity index (χ2n) is 7.92. The van der Waals surface area contributed by atoms with E-state index in [-0.39, 0.29) is 7.43 Å². The van der Waals surface area contributed by atoms with Crippen molar-refractivity contribution in [2.24, 2.45) is 7.05 Å². The average molecular weight is 542 g/mol. The number of rotatable bonds is 13. The first-order chi connectivity index (χ1) is 17.1. The van der Waals surface area contributed by atoms with Gasteiger partial charge in [0, 0.05) is 18.7 Å². The Bertz CT molecular complexity index is 965. The molecule has 0 amide bonds. The van der Waals surface area contributed by atoms with Crippen LogP contribution in [0.4, 0.5) is 0 Å². The van der Waals surface area contributed by atoms with Crippen molar-refractivity contribution in [1.82, 2.24) is 10.2 Å². The second kappa shape index (κ2) is 21.6. The summed E-state index contributed by atoms with van der Waals surface area (Å²) in [6.07, 6.45) is 10.9. The number of pyridine rings is 1. The van der Waals surface area contributed by atoms with Crippen molar-refractivity contribution in [3.05, 3.63) is 53.9 Å². The maximum atomic E-state index is 9.47. The molecule has 10 heteroatoms. The summed E-state index contributed by atoms with van der Waals surface area (Å²) in [6.45, 7) is 7.29. The molecule has 2 aromatic rings. The fourth-order valence-electron chi connectivity index (χ4n) is 2.67. The molecule has 212 valence electrons. The highest BCUT2D eigenvalue weighted by atomic mass is 32.2. The predicted octanol–water partition coefficient (Wildman–Crippen LogP) is 2.90. The predicted molar refractivity (Wildman–Crippen MR) is 150 cm³/mol. The van der Waals surface area contributed by atoms with Crippen LogP contribution in [0.15, 0.2) is 42.7 Å². The number of hydrogen-bond donors (Lipinski definition) is 1. The van der Waals surface area contributed by atoms with Gasteiger partial charge >= 0.3 is 0 Å². The van der Waals surface area contributed by atoms with Crippen LogP contribution in [0.2, 0.25) is 0 Å². The van der Waals surface area contributed by atoms with Crippen molar-refractivity contribution in [2.45, 2.75) is 34.1 Å². The van der Waals surface area contributed by atoms with Crippen LogP contribution >= 0.6 is 0 Å². The standard InChI is InChI=1S/C23H34N3O2.C2H6.CH4O4S.CH4/c1-24-13-5-17-28-23-19-21(8-7-20-11-15-26(4)16-12-20)9-10-22(23)27-18-6-14-25(2)3;1-2;1-6(3,4)5-2;/h7-12,15-16,19,24H,5-6,13-14,17-18H2,1-4H3;1-2H3;2H,1H3;1H4/q+1;;;/p-1/b8-7+;;;. The van der Waals surface area contributed by atoms with Crippen molar-refractivity contribution in [1.29, 1.82) is 0 Å². The minimum absolute atomic E-state index is 0. The highest BCUT2D eigenvalue weighted by molar-refractivity contribution is 7.85. The Kier molecular flexibility index (Phi) is 21.4. The molecule has 9 nitrogen and oxygen atoms in total. The summed E-state index contributed by atoms with van der Waals surface area (Å²) >= 11 is 0. The van der Waals surface area contributed by atoms with Gasteiger partial charge < -0.3 is 29.3 Å². The molecule has 2 rings (SSSR count).